The highest BCUT2D eigenvalue weighted by Gasteiger charge is 2.50. The number of aromatic nitrogens is 3. The van der Waals surface area contributed by atoms with Gasteiger partial charge in [0, 0.05) is 32.6 Å². The highest BCUT2D eigenvalue weighted by atomic mass is 35.5. The van der Waals surface area contributed by atoms with Gasteiger partial charge in [0.1, 0.15) is 36.5 Å². The van der Waals surface area contributed by atoms with Gasteiger partial charge in [-0.3, -0.25) is 4.90 Å². The van der Waals surface area contributed by atoms with E-state index in [2.05, 4.69) is 31.6 Å². The molecule has 0 aliphatic carbocycles. The average Bonchev–Trinajstić information content (AvgIpc) is 3.41. The van der Waals surface area contributed by atoms with Crippen LogP contribution in [0, 0.1) is 18.7 Å². The van der Waals surface area contributed by atoms with E-state index in [-0.39, 0.29) is 64.2 Å². The Morgan fingerprint density at radius 3 is 2.71 bits per heavy atom. The van der Waals surface area contributed by atoms with Gasteiger partial charge in [-0.15, -0.1) is 0 Å². The third kappa shape index (κ3) is 5.57. The van der Waals surface area contributed by atoms with E-state index >= 15 is 4.39 Å². The number of anilines is 2. The van der Waals surface area contributed by atoms with Crippen molar-refractivity contribution in [1.82, 2.24) is 24.8 Å². The van der Waals surface area contributed by atoms with Gasteiger partial charge in [-0.05, 0) is 57.3 Å². The normalized spacial score (nSPS) is 26.3. The zero-order valence-corrected chi connectivity index (χ0v) is 27.9. The van der Waals surface area contributed by atoms with Crippen molar-refractivity contribution in [3.63, 3.8) is 0 Å². The van der Waals surface area contributed by atoms with Crippen molar-refractivity contribution in [2.45, 2.75) is 69.9 Å². The number of nitrogens with zero attached hydrogens (tertiary/aromatic N) is 6. The number of aryl methyl sites for hydroxylation is 1. The van der Waals surface area contributed by atoms with Gasteiger partial charge in [-0.2, -0.15) is 23.1 Å². The van der Waals surface area contributed by atoms with Crippen LogP contribution in [0.15, 0.2) is 6.07 Å². The molecule has 15 heteroatoms. The molecule has 6 heterocycles. The van der Waals surface area contributed by atoms with Crippen LogP contribution in [-0.2, 0) is 6.18 Å². The second-order valence-electron chi connectivity index (χ2n) is 13.7. The van der Waals surface area contributed by atoms with E-state index in [1.165, 1.54) is 6.92 Å². The first-order chi connectivity index (χ1) is 22.8. The summed E-state index contributed by atoms with van der Waals surface area (Å²) in [5.41, 5.74) is 2.31. The van der Waals surface area contributed by atoms with Crippen LogP contribution in [0.3, 0.4) is 0 Å². The van der Waals surface area contributed by atoms with Crippen molar-refractivity contribution in [2.24, 2.45) is 5.92 Å². The third-order valence-corrected chi connectivity index (χ3v) is 10.8. The number of pyridine rings is 1. The van der Waals surface area contributed by atoms with Crippen LogP contribution >= 0.6 is 11.6 Å². The number of hydrogen-bond donors (Lipinski definition) is 1. The van der Waals surface area contributed by atoms with Crippen molar-refractivity contribution in [3.8, 4) is 23.0 Å². The quantitative estimate of drug-likeness (QED) is 0.299. The smallest absolute Gasteiger partial charge is 0.418 e. The summed E-state index contributed by atoms with van der Waals surface area (Å²) in [6.45, 7) is 6.61. The molecule has 48 heavy (non-hydrogen) atoms. The van der Waals surface area contributed by atoms with Gasteiger partial charge in [0.2, 0.25) is 0 Å². The summed E-state index contributed by atoms with van der Waals surface area (Å²) in [4.78, 5) is 19.7. The summed E-state index contributed by atoms with van der Waals surface area (Å²) in [5, 5.41) is -0.223. The Labute approximate surface area is 280 Å². The molecule has 1 aromatic carbocycles. The van der Waals surface area contributed by atoms with Gasteiger partial charge in [-0.25, -0.2) is 13.8 Å². The molecule has 0 spiro atoms. The topological polar surface area (TPSA) is 92.9 Å². The van der Waals surface area contributed by atoms with Crippen molar-refractivity contribution >= 4 is 34.1 Å². The van der Waals surface area contributed by atoms with Crippen LogP contribution in [0.1, 0.15) is 50.2 Å². The number of rotatable bonds is 6. The van der Waals surface area contributed by atoms with Crippen LogP contribution in [0.25, 0.3) is 22.2 Å². The molecule has 7 rings (SSSR count). The summed E-state index contributed by atoms with van der Waals surface area (Å²) < 4.78 is 87.7. The van der Waals surface area contributed by atoms with Crippen molar-refractivity contribution in [1.29, 1.82) is 0 Å². The Morgan fingerprint density at radius 2 is 1.96 bits per heavy atom. The maximum atomic E-state index is 17.0. The second kappa shape index (κ2) is 12.3. The molecule has 260 valence electrons. The lowest BCUT2D eigenvalue weighted by molar-refractivity contribution is -0.137. The minimum atomic E-state index is -4.90. The molecule has 9 nitrogen and oxygen atoms in total. The molecule has 2 N–H and O–H groups in total. The van der Waals surface area contributed by atoms with Crippen LogP contribution in [0.5, 0.6) is 11.8 Å². The van der Waals surface area contributed by atoms with Crippen LogP contribution in [0.2, 0.25) is 5.02 Å². The number of fused-ring (bicyclic) bond motifs is 3. The maximum absolute atomic E-state index is 17.0. The Morgan fingerprint density at radius 1 is 1.17 bits per heavy atom. The molecule has 3 saturated heterocycles. The summed E-state index contributed by atoms with van der Waals surface area (Å²) >= 11 is 6.88. The van der Waals surface area contributed by atoms with Gasteiger partial charge in [0.25, 0.3) is 0 Å². The largest absolute Gasteiger partial charge is 0.489 e. The van der Waals surface area contributed by atoms with Crippen LogP contribution < -0.4 is 20.1 Å². The lowest BCUT2D eigenvalue weighted by Gasteiger charge is -2.34. The van der Waals surface area contributed by atoms with Gasteiger partial charge in [0.05, 0.1) is 38.8 Å². The lowest BCUT2D eigenvalue weighted by Crippen LogP contribution is -2.45. The molecule has 0 bridgehead atoms. The minimum Gasteiger partial charge on any atom is -0.489 e. The van der Waals surface area contributed by atoms with Gasteiger partial charge in [0.15, 0.2) is 11.6 Å². The van der Waals surface area contributed by atoms with E-state index in [9.17, 15) is 17.6 Å². The number of ether oxygens (including phenoxy) is 2. The van der Waals surface area contributed by atoms with Crippen molar-refractivity contribution in [3.05, 3.63) is 28.0 Å². The molecule has 4 aliphatic heterocycles. The van der Waals surface area contributed by atoms with Gasteiger partial charge < -0.3 is 25.0 Å². The highest BCUT2D eigenvalue weighted by Crippen LogP contribution is 2.51. The first-order valence-corrected chi connectivity index (χ1v) is 16.9. The van der Waals surface area contributed by atoms with E-state index in [1.54, 1.807) is 0 Å². The molecule has 0 unspecified atom stereocenters. The van der Waals surface area contributed by atoms with Crippen LogP contribution in [0.4, 0.5) is 33.6 Å². The Bertz CT molecular complexity index is 1750. The molecule has 4 atom stereocenters. The van der Waals surface area contributed by atoms with E-state index in [4.69, 9.17) is 31.8 Å². The summed E-state index contributed by atoms with van der Waals surface area (Å²) in [6, 6.07) is 0.720. The van der Waals surface area contributed by atoms with E-state index in [1.807, 2.05) is 7.05 Å². The van der Waals surface area contributed by atoms with Gasteiger partial charge >= 0.3 is 12.2 Å². The Hall–Kier alpha value is -3.23. The lowest BCUT2D eigenvalue weighted by atomic mass is 9.94. The molecule has 3 aromatic rings. The SMILES string of the molecule is CCC[C@@H]1CN(C)CCN2c3nc(OC[C@@]45CCCN4C[C@H](F)C5)nc4c(F)c(-c5nc(N)cc(C)c5C(F)(F)F)c(Cl)c(c34)OC[C@H]12. The van der Waals surface area contributed by atoms with E-state index in [0.717, 1.165) is 44.8 Å². The molecule has 4 aliphatic rings. The first kappa shape index (κ1) is 33.3. The predicted octanol–water partition coefficient (Wildman–Crippen LogP) is 6.28. The molecule has 2 aromatic heterocycles. The first-order valence-electron chi connectivity index (χ1n) is 16.5. The predicted molar refractivity (Wildman–Crippen MR) is 173 cm³/mol. The zero-order valence-electron chi connectivity index (χ0n) is 27.1. The number of alkyl halides is 4. The number of likely N-dealkylation sites (N-methyl/N-ethyl adjacent to an activating group) is 1. The molecular formula is C33H39ClF5N7O2. The highest BCUT2D eigenvalue weighted by molar-refractivity contribution is 6.36. The Balaban J connectivity index is 1.45. The molecule has 0 amide bonds. The fraction of sp³-hybridized carbons (Fsp3) is 0.606. The molecular weight excluding hydrogens is 657 g/mol. The standard InChI is InChI=1S/C33H39ClF5N7O2/c1-4-6-18-13-44(3)9-10-46-20(18)15-47-29-23-28(26(36)22(25(29)34)27-24(33(37,38)39)17(2)11-21(40)41-27)42-31(43-30(23)46)48-16-32-7-5-8-45(32)14-19(35)12-32/h11,18-20H,4-10,12-16H2,1-3H3,(H2,40,41)/t18-,19-,20-,32+/m1/s1. The van der Waals surface area contributed by atoms with Gasteiger partial charge in [-0.1, -0.05) is 24.9 Å². The fourth-order valence-corrected chi connectivity index (χ4v) is 8.68. The molecule has 0 saturated carbocycles. The summed E-state index contributed by atoms with van der Waals surface area (Å²) in [5.74, 6) is -0.907. The molecule has 3 fully saturated rings. The third-order valence-electron chi connectivity index (χ3n) is 10.5. The number of nitrogens with two attached hydrogens (primary N) is 1. The monoisotopic (exact) mass is 695 g/mol. The number of halogens is 6. The minimum absolute atomic E-state index is 0.0204. The summed E-state index contributed by atoms with van der Waals surface area (Å²) in [7, 11) is 2.04. The average molecular weight is 696 g/mol. The Kier molecular flexibility index (Phi) is 8.51. The van der Waals surface area contributed by atoms with Crippen molar-refractivity contribution < 1.29 is 31.4 Å². The van der Waals surface area contributed by atoms with Crippen molar-refractivity contribution in [2.75, 3.05) is 63.6 Å². The second-order valence-corrected chi connectivity index (χ2v) is 14.1. The van der Waals surface area contributed by atoms with E-state index in [0.29, 0.717) is 31.9 Å². The number of benzene rings is 1. The summed E-state index contributed by atoms with van der Waals surface area (Å²) in [6.07, 6.45) is -2.16. The fourth-order valence-electron chi connectivity index (χ4n) is 8.36. The number of nitrogen functional groups attached to an aromatic ring is 1. The molecule has 0 radical (unpaired) electrons. The maximum Gasteiger partial charge on any atom is 0.418 e. The number of hydrogen-bond acceptors (Lipinski definition) is 9. The van der Waals surface area contributed by atoms with Crippen LogP contribution in [-0.4, -0.2) is 95.5 Å². The van der Waals surface area contributed by atoms with E-state index < -0.39 is 40.5 Å². The zero-order chi connectivity index (χ0) is 34.1.